The van der Waals surface area contributed by atoms with E-state index in [1.54, 1.807) is 28.6 Å². The molecule has 5 rings (SSSR count). The molecule has 0 aromatic heterocycles. The summed E-state index contributed by atoms with van der Waals surface area (Å²) in [5, 5.41) is 0.539. The molecule has 0 spiro atoms. The number of nitrogens with zero attached hydrogens (tertiary/aromatic N) is 2. The van der Waals surface area contributed by atoms with E-state index < -0.39 is 10.0 Å². The summed E-state index contributed by atoms with van der Waals surface area (Å²) in [7, 11) is -3.66. The molecule has 2 atom stereocenters. The minimum absolute atomic E-state index is 0.0269. The maximum Gasteiger partial charge on any atom is 0.243 e. The molecule has 0 radical (unpaired) electrons. The summed E-state index contributed by atoms with van der Waals surface area (Å²) in [6.45, 7) is 2.24. The Balaban J connectivity index is 1.35. The molecular weight excluding hydrogens is 488 g/mol. The lowest BCUT2D eigenvalue weighted by atomic mass is 9.78. The second-order valence-electron chi connectivity index (χ2n) is 10.1. The largest absolute Gasteiger partial charge is 0.300 e. The third-order valence-corrected chi connectivity index (χ3v) is 10.1. The monoisotopic (exact) mass is 522 g/mol. The van der Waals surface area contributed by atoms with Crippen LogP contribution >= 0.6 is 11.6 Å². The van der Waals surface area contributed by atoms with Crippen molar-refractivity contribution in [2.24, 2.45) is 0 Å². The van der Waals surface area contributed by atoms with E-state index in [2.05, 4.69) is 35.2 Å². The van der Waals surface area contributed by atoms with E-state index in [4.69, 9.17) is 11.6 Å². The van der Waals surface area contributed by atoms with Gasteiger partial charge in [0.2, 0.25) is 10.0 Å². The summed E-state index contributed by atoms with van der Waals surface area (Å²) in [6.07, 6.45) is 6.71. The zero-order valence-corrected chi connectivity index (χ0v) is 22.2. The van der Waals surface area contributed by atoms with Crippen molar-refractivity contribution in [2.75, 3.05) is 13.1 Å². The summed E-state index contributed by atoms with van der Waals surface area (Å²) in [6, 6.07) is 27.9. The molecule has 4 nitrogen and oxygen atoms in total. The van der Waals surface area contributed by atoms with Gasteiger partial charge >= 0.3 is 0 Å². The minimum atomic E-state index is -3.66. The van der Waals surface area contributed by atoms with E-state index >= 15 is 0 Å². The van der Waals surface area contributed by atoms with Gasteiger partial charge in [0.25, 0.3) is 0 Å². The van der Waals surface area contributed by atoms with E-state index in [0.29, 0.717) is 28.4 Å². The Kier molecular flexibility index (Phi) is 8.12. The quantitative estimate of drug-likeness (QED) is 0.346. The lowest BCUT2D eigenvalue weighted by molar-refractivity contribution is 0.0834. The Morgan fingerprint density at radius 2 is 1.39 bits per heavy atom. The maximum absolute atomic E-state index is 13.8. The molecular formula is C30H35ClN2O2S. The Labute approximate surface area is 220 Å². The molecule has 1 saturated carbocycles. The first-order valence-corrected chi connectivity index (χ1v) is 14.9. The van der Waals surface area contributed by atoms with Crippen LogP contribution < -0.4 is 0 Å². The number of halogens is 1. The van der Waals surface area contributed by atoms with Crippen molar-refractivity contribution >= 4 is 21.6 Å². The van der Waals surface area contributed by atoms with Crippen LogP contribution in [0.1, 0.15) is 55.6 Å². The van der Waals surface area contributed by atoms with E-state index in [-0.39, 0.29) is 6.04 Å². The van der Waals surface area contributed by atoms with Crippen molar-refractivity contribution in [3.63, 3.8) is 0 Å². The molecule has 3 aromatic carbocycles. The van der Waals surface area contributed by atoms with Crippen molar-refractivity contribution in [3.8, 4) is 0 Å². The Morgan fingerprint density at radius 3 is 2.06 bits per heavy atom. The number of rotatable bonds is 7. The number of sulfonamides is 1. The Morgan fingerprint density at radius 1 is 0.778 bits per heavy atom. The highest BCUT2D eigenvalue weighted by molar-refractivity contribution is 7.89. The van der Waals surface area contributed by atoms with Gasteiger partial charge in [-0.2, -0.15) is 4.31 Å². The summed E-state index contributed by atoms with van der Waals surface area (Å²) in [5.74, 6) is 0.565. The predicted octanol–water partition coefficient (Wildman–Crippen LogP) is 6.72. The molecule has 1 aliphatic heterocycles. The van der Waals surface area contributed by atoms with Crippen molar-refractivity contribution in [1.82, 2.24) is 9.21 Å². The summed E-state index contributed by atoms with van der Waals surface area (Å²) < 4.78 is 29.4. The van der Waals surface area contributed by atoms with Gasteiger partial charge < -0.3 is 0 Å². The highest BCUT2D eigenvalue weighted by Gasteiger charge is 2.37. The zero-order valence-electron chi connectivity index (χ0n) is 20.7. The summed E-state index contributed by atoms with van der Waals surface area (Å²) in [4.78, 5) is 2.95. The molecule has 36 heavy (non-hydrogen) atoms. The fourth-order valence-corrected chi connectivity index (χ4v) is 7.86. The van der Waals surface area contributed by atoms with Crippen LogP contribution in [0.2, 0.25) is 5.02 Å². The van der Waals surface area contributed by atoms with Crippen LogP contribution in [0.4, 0.5) is 0 Å². The van der Waals surface area contributed by atoms with Gasteiger partial charge in [0.1, 0.15) is 0 Å². The van der Waals surface area contributed by atoms with Gasteiger partial charge in [-0.3, -0.25) is 4.90 Å². The molecule has 6 heteroatoms. The fraction of sp³-hybridized carbons (Fsp3) is 0.400. The van der Waals surface area contributed by atoms with Crippen molar-refractivity contribution < 1.29 is 8.42 Å². The van der Waals surface area contributed by atoms with Crippen LogP contribution in [-0.2, 0) is 16.6 Å². The van der Waals surface area contributed by atoms with Crippen LogP contribution in [0.5, 0.6) is 0 Å². The van der Waals surface area contributed by atoms with Crippen molar-refractivity contribution in [3.05, 3.63) is 101 Å². The third-order valence-electron chi connectivity index (χ3n) is 7.93. The van der Waals surface area contributed by atoms with E-state index in [9.17, 15) is 8.42 Å². The molecule has 190 valence electrons. The standard InChI is InChI=1S/C30H35ClN2O2S/c31-26-15-17-28(18-16-26)36(34,35)33(23-24-9-3-1-4-10-24)27-19-21-32(22-20-27)30-14-8-7-13-29(30)25-11-5-2-6-12-25/h1-6,9-12,15-18,27,29-30H,7-8,13-14,19-23H2. The predicted molar refractivity (Wildman–Crippen MR) is 147 cm³/mol. The Bertz CT molecular complexity index is 1210. The molecule has 0 N–H and O–H groups in total. The average Bonchev–Trinajstić information content (AvgIpc) is 2.93. The van der Waals surface area contributed by atoms with Gasteiger partial charge in [0, 0.05) is 23.7 Å². The fourth-order valence-electron chi connectivity index (χ4n) is 6.06. The topological polar surface area (TPSA) is 40.6 Å². The lowest BCUT2D eigenvalue weighted by Crippen LogP contribution is -2.51. The molecule has 2 fully saturated rings. The SMILES string of the molecule is O=S(=O)(c1ccc(Cl)cc1)N(Cc1ccccc1)C1CCN(C2CCCCC2c2ccccc2)CC1. The van der Waals surface area contributed by atoms with Crippen LogP contribution in [0.3, 0.4) is 0 Å². The molecule has 0 amide bonds. The normalized spacial score (nSPS) is 22.1. The van der Waals surface area contributed by atoms with Crippen molar-refractivity contribution in [1.29, 1.82) is 0 Å². The first kappa shape index (κ1) is 25.5. The van der Waals surface area contributed by atoms with Crippen molar-refractivity contribution in [2.45, 2.75) is 68.0 Å². The van der Waals surface area contributed by atoms with Gasteiger partial charge in [-0.25, -0.2) is 8.42 Å². The lowest BCUT2D eigenvalue weighted by Gasteiger charge is -2.45. The summed E-state index contributed by atoms with van der Waals surface area (Å²) in [5.41, 5.74) is 2.45. The summed E-state index contributed by atoms with van der Waals surface area (Å²) >= 11 is 6.05. The molecule has 1 heterocycles. The van der Waals surface area contributed by atoms with Crippen LogP contribution in [0, 0.1) is 0 Å². The van der Waals surface area contributed by atoms with Gasteiger partial charge in [-0.05, 0) is 80.1 Å². The highest BCUT2D eigenvalue weighted by Crippen LogP contribution is 2.38. The Hall–Kier alpha value is -2.18. The van der Waals surface area contributed by atoms with Gasteiger partial charge in [0.05, 0.1) is 4.90 Å². The van der Waals surface area contributed by atoms with Gasteiger partial charge in [0.15, 0.2) is 0 Å². The molecule has 1 saturated heterocycles. The number of hydrogen-bond acceptors (Lipinski definition) is 3. The number of piperidine rings is 1. The minimum Gasteiger partial charge on any atom is -0.300 e. The molecule has 2 aliphatic rings. The first-order valence-electron chi connectivity index (χ1n) is 13.1. The van der Waals surface area contributed by atoms with E-state index in [1.807, 2.05) is 30.3 Å². The average molecular weight is 523 g/mol. The first-order chi connectivity index (χ1) is 17.5. The maximum atomic E-state index is 13.8. The number of hydrogen-bond donors (Lipinski definition) is 0. The third kappa shape index (κ3) is 5.70. The second kappa shape index (κ2) is 11.5. The van der Waals surface area contributed by atoms with E-state index in [1.165, 1.54) is 31.2 Å². The van der Waals surface area contributed by atoms with Gasteiger partial charge in [-0.1, -0.05) is 85.1 Å². The van der Waals surface area contributed by atoms with Crippen LogP contribution in [0.25, 0.3) is 0 Å². The van der Waals surface area contributed by atoms with E-state index in [0.717, 1.165) is 31.5 Å². The van der Waals surface area contributed by atoms with Crippen LogP contribution in [0.15, 0.2) is 89.8 Å². The smallest absolute Gasteiger partial charge is 0.243 e. The molecule has 1 aliphatic carbocycles. The second-order valence-corrected chi connectivity index (χ2v) is 12.5. The molecule has 3 aromatic rings. The highest BCUT2D eigenvalue weighted by atomic mass is 35.5. The zero-order chi connectivity index (χ0) is 25.0. The number of benzene rings is 3. The van der Waals surface area contributed by atoms with Crippen LogP contribution in [-0.4, -0.2) is 42.8 Å². The van der Waals surface area contributed by atoms with Gasteiger partial charge in [-0.15, -0.1) is 0 Å². The molecule has 0 bridgehead atoms. The number of likely N-dealkylation sites (tertiary alicyclic amines) is 1. The molecule has 2 unspecified atom stereocenters.